The van der Waals surface area contributed by atoms with Gasteiger partial charge in [0.15, 0.2) is 0 Å². The zero-order chi connectivity index (χ0) is 14.6. The zero-order valence-corrected chi connectivity index (χ0v) is 10.8. The van der Waals surface area contributed by atoms with Gasteiger partial charge in [0.25, 0.3) is 0 Å². The Kier molecular flexibility index (Phi) is 4.12. The van der Waals surface area contributed by atoms with E-state index < -0.39 is 6.36 Å². The molecule has 2 rings (SSSR count). The SMILES string of the molecule is CN(Cc1cccc(OC(F)(F)F)c1)c1ccccn1. The second kappa shape index (κ2) is 5.81. The highest BCUT2D eigenvalue weighted by Crippen LogP contribution is 2.24. The minimum absolute atomic E-state index is 0.218. The molecule has 20 heavy (non-hydrogen) atoms. The molecule has 0 aliphatic rings. The number of hydrogen-bond acceptors (Lipinski definition) is 3. The molecule has 1 aromatic heterocycles. The number of nitrogens with zero attached hydrogens (tertiary/aromatic N) is 2. The molecule has 6 heteroatoms. The number of aromatic nitrogens is 1. The van der Waals surface area contributed by atoms with Crippen LogP contribution in [-0.2, 0) is 6.54 Å². The van der Waals surface area contributed by atoms with Gasteiger partial charge < -0.3 is 9.64 Å². The van der Waals surface area contributed by atoms with E-state index in [1.807, 2.05) is 24.1 Å². The van der Waals surface area contributed by atoms with E-state index in [0.29, 0.717) is 12.1 Å². The number of halogens is 3. The van der Waals surface area contributed by atoms with E-state index in [9.17, 15) is 13.2 Å². The van der Waals surface area contributed by atoms with Crippen molar-refractivity contribution in [2.75, 3.05) is 11.9 Å². The van der Waals surface area contributed by atoms with Gasteiger partial charge in [-0.15, -0.1) is 13.2 Å². The summed E-state index contributed by atoms with van der Waals surface area (Å²) in [6.45, 7) is 0.437. The average Bonchev–Trinajstić information content (AvgIpc) is 2.38. The van der Waals surface area contributed by atoms with Crippen LogP contribution in [0.3, 0.4) is 0 Å². The fourth-order valence-corrected chi connectivity index (χ4v) is 1.78. The topological polar surface area (TPSA) is 25.4 Å². The van der Waals surface area contributed by atoms with Gasteiger partial charge in [-0.05, 0) is 29.8 Å². The first kappa shape index (κ1) is 14.2. The summed E-state index contributed by atoms with van der Waals surface area (Å²) < 4.78 is 40.4. The van der Waals surface area contributed by atoms with Gasteiger partial charge >= 0.3 is 6.36 Å². The van der Waals surface area contributed by atoms with Gasteiger partial charge in [0.1, 0.15) is 11.6 Å². The molecule has 0 bridgehead atoms. The van der Waals surface area contributed by atoms with Crippen LogP contribution in [-0.4, -0.2) is 18.4 Å². The fraction of sp³-hybridized carbons (Fsp3) is 0.214. The Morgan fingerprint density at radius 1 is 1.15 bits per heavy atom. The van der Waals surface area contributed by atoms with Gasteiger partial charge in [0.05, 0.1) is 0 Å². The molecule has 0 radical (unpaired) electrons. The summed E-state index contributed by atoms with van der Waals surface area (Å²) in [4.78, 5) is 6.01. The molecule has 2 aromatic rings. The Hall–Kier alpha value is -2.24. The van der Waals surface area contributed by atoms with Gasteiger partial charge in [-0.1, -0.05) is 18.2 Å². The van der Waals surface area contributed by atoms with E-state index in [-0.39, 0.29) is 5.75 Å². The third-order valence-electron chi connectivity index (χ3n) is 2.59. The third kappa shape index (κ3) is 4.15. The Morgan fingerprint density at radius 3 is 2.60 bits per heavy atom. The quantitative estimate of drug-likeness (QED) is 0.856. The molecule has 0 saturated carbocycles. The van der Waals surface area contributed by atoms with E-state index in [1.54, 1.807) is 18.3 Å². The third-order valence-corrected chi connectivity index (χ3v) is 2.59. The van der Waals surface area contributed by atoms with E-state index in [0.717, 1.165) is 5.82 Å². The highest BCUT2D eigenvalue weighted by molar-refractivity contribution is 5.39. The van der Waals surface area contributed by atoms with Crippen molar-refractivity contribution in [1.82, 2.24) is 4.98 Å². The van der Waals surface area contributed by atoms with Crippen LogP contribution in [0.2, 0.25) is 0 Å². The summed E-state index contributed by atoms with van der Waals surface area (Å²) in [5.41, 5.74) is 0.708. The summed E-state index contributed by atoms with van der Waals surface area (Å²) >= 11 is 0. The van der Waals surface area contributed by atoms with Crippen LogP contribution >= 0.6 is 0 Å². The molecule has 0 saturated heterocycles. The maximum absolute atomic E-state index is 12.2. The second-order valence-corrected chi connectivity index (χ2v) is 4.24. The number of benzene rings is 1. The lowest BCUT2D eigenvalue weighted by Gasteiger charge is -2.18. The van der Waals surface area contributed by atoms with Gasteiger partial charge in [0.2, 0.25) is 0 Å². The smallest absolute Gasteiger partial charge is 0.406 e. The normalized spacial score (nSPS) is 11.2. The van der Waals surface area contributed by atoms with Crippen LogP contribution in [0.15, 0.2) is 48.7 Å². The Morgan fingerprint density at radius 2 is 1.95 bits per heavy atom. The molecular formula is C14H13F3N2O. The van der Waals surface area contributed by atoms with Crippen LogP contribution in [0.5, 0.6) is 5.75 Å². The lowest BCUT2D eigenvalue weighted by molar-refractivity contribution is -0.274. The standard InChI is InChI=1S/C14H13F3N2O/c1-19(13-7-2-3-8-18-13)10-11-5-4-6-12(9-11)20-14(15,16)17/h2-9H,10H2,1H3. The number of alkyl halides is 3. The van der Waals surface area contributed by atoms with E-state index in [1.165, 1.54) is 18.2 Å². The van der Waals surface area contributed by atoms with Crippen molar-refractivity contribution >= 4 is 5.82 Å². The summed E-state index contributed by atoms with van der Waals surface area (Å²) in [6.07, 6.45) is -3.01. The monoisotopic (exact) mass is 282 g/mol. The molecule has 0 aliphatic heterocycles. The van der Waals surface area contributed by atoms with E-state index >= 15 is 0 Å². The molecule has 0 spiro atoms. The zero-order valence-electron chi connectivity index (χ0n) is 10.8. The summed E-state index contributed by atoms with van der Waals surface area (Å²) in [7, 11) is 1.82. The first-order valence-corrected chi connectivity index (χ1v) is 5.91. The molecule has 0 atom stereocenters. The molecule has 0 aliphatic carbocycles. The molecule has 0 amide bonds. The number of hydrogen-bond donors (Lipinski definition) is 0. The lowest BCUT2D eigenvalue weighted by Crippen LogP contribution is -2.19. The average molecular weight is 282 g/mol. The van der Waals surface area contributed by atoms with Crippen LogP contribution in [0.25, 0.3) is 0 Å². The largest absolute Gasteiger partial charge is 0.573 e. The van der Waals surface area contributed by atoms with Crippen LogP contribution in [0.4, 0.5) is 19.0 Å². The number of rotatable bonds is 4. The summed E-state index contributed by atoms with van der Waals surface area (Å²) in [5.74, 6) is 0.527. The highest BCUT2D eigenvalue weighted by atomic mass is 19.4. The first-order chi connectivity index (χ1) is 9.44. The van der Waals surface area contributed by atoms with Gasteiger partial charge in [-0.25, -0.2) is 4.98 Å². The van der Waals surface area contributed by atoms with Gasteiger partial charge in [0, 0.05) is 19.8 Å². The lowest BCUT2D eigenvalue weighted by atomic mass is 10.2. The number of ether oxygens (including phenoxy) is 1. The minimum atomic E-state index is -4.68. The minimum Gasteiger partial charge on any atom is -0.406 e. The Labute approximate surface area is 114 Å². The van der Waals surface area contributed by atoms with Crippen LogP contribution in [0, 0.1) is 0 Å². The van der Waals surface area contributed by atoms with Crippen molar-refractivity contribution in [3.05, 3.63) is 54.2 Å². The Bertz CT molecular complexity index is 558. The van der Waals surface area contributed by atoms with Crippen molar-refractivity contribution in [3.63, 3.8) is 0 Å². The van der Waals surface area contributed by atoms with Crippen molar-refractivity contribution < 1.29 is 17.9 Å². The maximum atomic E-state index is 12.2. The van der Waals surface area contributed by atoms with Gasteiger partial charge in [-0.2, -0.15) is 0 Å². The molecule has 0 fully saturated rings. The molecule has 1 aromatic carbocycles. The predicted octanol–water partition coefficient (Wildman–Crippen LogP) is 3.62. The van der Waals surface area contributed by atoms with E-state index in [4.69, 9.17) is 0 Å². The second-order valence-electron chi connectivity index (χ2n) is 4.24. The molecule has 106 valence electrons. The number of anilines is 1. The molecular weight excluding hydrogens is 269 g/mol. The molecule has 0 N–H and O–H groups in total. The van der Waals surface area contributed by atoms with Crippen molar-refractivity contribution in [3.8, 4) is 5.75 Å². The molecule has 1 heterocycles. The summed E-state index contributed by atoms with van der Waals surface area (Å²) in [5, 5.41) is 0. The fourth-order valence-electron chi connectivity index (χ4n) is 1.78. The summed E-state index contributed by atoms with van der Waals surface area (Å²) in [6, 6.07) is 11.4. The van der Waals surface area contributed by atoms with E-state index in [2.05, 4.69) is 9.72 Å². The van der Waals surface area contributed by atoms with Gasteiger partial charge in [-0.3, -0.25) is 0 Å². The van der Waals surface area contributed by atoms with Crippen molar-refractivity contribution in [1.29, 1.82) is 0 Å². The predicted molar refractivity (Wildman–Crippen MR) is 69.5 cm³/mol. The van der Waals surface area contributed by atoms with Crippen LogP contribution < -0.4 is 9.64 Å². The first-order valence-electron chi connectivity index (χ1n) is 5.91. The Balaban J connectivity index is 2.08. The molecule has 0 unspecified atom stereocenters. The number of pyridine rings is 1. The highest BCUT2D eigenvalue weighted by Gasteiger charge is 2.31. The van der Waals surface area contributed by atoms with Crippen molar-refractivity contribution in [2.45, 2.75) is 12.9 Å². The van der Waals surface area contributed by atoms with Crippen LogP contribution in [0.1, 0.15) is 5.56 Å². The van der Waals surface area contributed by atoms with Crippen molar-refractivity contribution in [2.24, 2.45) is 0 Å². The maximum Gasteiger partial charge on any atom is 0.573 e. The molecule has 3 nitrogen and oxygen atoms in total.